The van der Waals surface area contributed by atoms with Crippen LogP contribution in [0.5, 0.6) is 11.5 Å². The molecular weight excluding hydrogens is 437 g/mol. The Morgan fingerprint density at radius 3 is 2.68 bits per heavy atom. The second kappa shape index (κ2) is 7.62. The van der Waals surface area contributed by atoms with Crippen LogP contribution in [0.1, 0.15) is 0 Å². The lowest BCUT2D eigenvalue weighted by atomic mass is 10.1. The monoisotopic (exact) mass is 453 g/mol. The van der Waals surface area contributed by atoms with Crippen molar-refractivity contribution in [3.05, 3.63) is 67.0 Å². The van der Waals surface area contributed by atoms with Crippen LogP contribution in [0, 0.1) is 5.82 Å². The van der Waals surface area contributed by atoms with Crippen LogP contribution in [-0.2, 0) is 0 Å². The molecule has 3 N–H and O–H groups in total. The van der Waals surface area contributed by atoms with Crippen LogP contribution >= 0.6 is 0 Å². The Bertz CT molecular complexity index is 1670. The average molecular weight is 453 g/mol. The van der Waals surface area contributed by atoms with Crippen molar-refractivity contribution < 1.29 is 14.2 Å². The van der Waals surface area contributed by atoms with Crippen LogP contribution in [-0.4, -0.2) is 47.3 Å². The van der Waals surface area contributed by atoms with Gasteiger partial charge in [-0.2, -0.15) is 5.10 Å². The van der Waals surface area contributed by atoms with E-state index in [1.54, 1.807) is 38.0 Å². The van der Waals surface area contributed by atoms with Crippen molar-refractivity contribution >= 4 is 22.2 Å². The molecule has 0 atom stereocenters. The highest BCUT2D eigenvalue weighted by Crippen LogP contribution is 2.33. The number of hydrogen-bond acceptors (Lipinski definition) is 7. The summed E-state index contributed by atoms with van der Waals surface area (Å²) < 4.78 is 19.2. The van der Waals surface area contributed by atoms with E-state index in [1.807, 2.05) is 12.1 Å². The first kappa shape index (κ1) is 19.8. The fourth-order valence-electron chi connectivity index (χ4n) is 3.92. The molecule has 5 heterocycles. The SMILES string of the molecule is COc1cncc(-c2cnc3[nH]nc(-c4nc5c(-c6cc(O)cc(F)c6)ccnc5[nH]4)c3c2)c1. The molecular formula is C24H16FN7O2. The summed E-state index contributed by atoms with van der Waals surface area (Å²) in [7, 11) is 1.59. The van der Waals surface area contributed by atoms with Gasteiger partial charge in [-0.25, -0.2) is 19.3 Å². The van der Waals surface area contributed by atoms with Gasteiger partial charge in [0.05, 0.1) is 18.7 Å². The van der Waals surface area contributed by atoms with Crippen molar-refractivity contribution in [1.82, 2.24) is 35.1 Å². The summed E-state index contributed by atoms with van der Waals surface area (Å²) in [5.41, 5.74) is 5.00. The van der Waals surface area contributed by atoms with Gasteiger partial charge in [0, 0.05) is 41.3 Å². The Morgan fingerprint density at radius 1 is 0.941 bits per heavy atom. The minimum absolute atomic E-state index is 0.167. The van der Waals surface area contributed by atoms with Crippen molar-refractivity contribution in [2.45, 2.75) is 0 Å². The van der Waals surface area contributed by atoms with Crippen LogP contribution in [0.2, 0.25) is 0 Å². The highest BCUT2D eigenvalue weighted by molar-refractivity contribution is 5.96. The number of aromatic nitrogens is 7. The first-order valence-electron chi connectivity index (χ1n) is 10.3. The summed E-state index contributed by atoms with van der Waals surface area (Å²) in [5.74, 6) is 0.410. The van der Waals surface area contributed by atoms with E-state index >= 15 is 0 Å². The molecule has 0 radical (unpaired) electrons. The van der Waals surface area contributed by atoms with E-state index < -0.39 is 5.82 Å². The minimum atomic E-state index is -0.542. The molecule has 9 nitrogen and oxygen atoms in total. The fourth-order valence-corrected chi connectivity index (χ4v) is 3.92. The van der Waals surface area contributed by atoms with Crippen molar-refractivity contribution in [3.8, 4) is 45.3 Å². The summed E-state index contributed by atoms with van der Waals surface area (Å²) in [6.07, 6.45) is 6.70. The molecule has 0 aliphatic rings. The molecule has 0 amide bonds. The number of phenols is 1. The standard InChI is InChI=1S/C24H16FN7O2/c1-34-17-6-13(9-26-11-17)14-7-19-21(31-32-22(19)28-10-14)24-29-20-18(2-3-27-23(20)30-24)12-4-15(25)8-16(33)5-12/h2-11,33H,1H3,(H,27,29,30)(H,28,31,32). The number of hydrogen-bond donors (Lipinski definition) is 3. The van der Waals surface area contributed by atoms with Gasteiger partial charge < -0.3 is 14.8 Å². The topological polar surface area (TPSA) is 125 Å². The normalized spacial score (nSPS) is 11.4. The average Bonchev–Trinajstić information content (AvgIpc) is 3.46. The molecule has 6 rings (SSSR count). The molecule has 1 aromatic carbocycles. The Labute approximate surface area is 191 Å². The van der Waals surface area contributed by atoms with Crippen LogP contribution in [0.25, 0.3) is 56.0 Å². The maximum absolute atomic E-state index is 13.9. The van der Waals surface area contributed by atoms with Crippen molar-refractivity contribution in [2.24, 2.45) is 0 Å². The first-order chi connectivity index (χ1) is 16.6. The van der Waals surface area contributed by atoms with Gasteiger partial charge in [-0.05, 0) is 35.9 Å². The van der Waals surface area contributed by atoms with Crippen molar-refractivity contribution in [2.75, 3.05) is 7.11 Å². The molecule has 0 fully saturated rings. The van der Waals surface area contributed by atoms with Crippen molar-refractivity contribution in [3.63, 3.8) is 0 Å². The number of H-pyrrole nitrogens is 2. The first-order valence-corrected chi connectivity index (χ1v) is 10.3. The van der Waals surface area contributed by atoms with Crippen molar-refractivity contribution in [1.29, 1.82) is 0 Å². The summed E-state index contributed by atoms with van der Waals surface area (Å²) >= 11 is 0. The van der Waals surface area contributed by atoms with Gasteiger partial charge in [-0.15, -0.1) is 0 Å². The zero-order valence-electron chi connectivity index (χ0n) is 17.7. The minimum Gasteiger partial charge on any atom is -0.508 e. The largest absolute Gasteiger partial charge is 0.508 e. The van der Waals surface area contributed by atoms with E-state index in [2.05, 4.69) is 30.1 Å². The second-order valence-corrected chi connectivity index (χ2v) is 7.65. The number of ether oxygens (including phenoxy) is 1. The van der Waals surface area contributed by atoms with Gasteiger partial charge in [0.15, 0.2) is 17.1 Å². The predicted molar refractivity (Wildman–Crippen MR) is 124 cm³/mol. The number of phenolic OH excluding ortho intramolecular Hbond substituents is 1. The third-order valence-electron chi connectivity index (χ3n) is 5.50. The van der Waals surface area contributed by atoms with Gasteiger partial charge in [0.1, 0.15) is 28.5 Å². The van der Waals surface area contributed by atoms with Crippen LogP contribution in [0.15, 0.2) is 61.2 Å². The second-order valence-electron chi connectivity index (χ2n) is 7.65. The molecule has 166 valence electrons. The number of pyridine rings is 3. The third-order valence-corrected chi connectivity index (χ3v) is 5.50. The van der Waals surface area contributed by atoms with E-state index in [4.69, 9.17) is 9.72 Å². The molecule has 0 saturated carbocycles. The number of aromatic amines is 2. The number of imidazole rings is 1. The summed E-state index contributed by atoms with van der Waals surface area (Å²) in [6.45, 7) is 0. The number of nitrogens with zero attached hydrogens (tertiary/aromatic N) is 5. The van der Waals surface area contributed by atoms with Crippen LogP contribution in [0.4, 0.5) is 4.39 Å². The van der Waals surface area contributed by atoms with Gasteiger partial charge in [-0.3, -0.25) is 10.1 Å². The molecule has 0 spiro atoms. The number of halogens is 1. The van der Waals surface area contributed by atoms with E-state index in [0.717, 1.165) is 22.6 Å². The number of methoxy groups -OCH3 is 1. The molecule has 34 heavy (non-hydrogen) atoms. The zero-order chi connectivity index (χ0) is 23.2. The summed E-state index contributed by atoms with van der Waals surface area (Å²) in [4.78, 5) is 20.9. The van der Waals surface area contributed by atoms with Crippen LogP contribution in [0.3, 0.4) is 0 Å². The Kier molecular flexibility index (Phi) is 4.44. The molecule has 6 aromatic rings. The lowest BCUT2D eigenvalue weighted by Crippen LogP contribution is -1.88. The molecule has 0 saturated heterocycles. The number of aromatic hydroxyl groups is 1. The Morgan fingerprint density at radius 2 is 1.82 bits per heavy atom. The lowest BCUT2D eigenvalue weighted by Gasteiger charge is -2.04. The number of benzene rings is 1. The van der Waals surface area contributed by atoms with Gasteiger partial charge in [0.25, 0.3) is 0 Å². The van der Waals surface area contributed by atoms with E-state index in [-0.39, 0.29) is 5.75 Å². The lowest BCUT2D eigenvalue weighted by molar-refractivity contribution is 0.413. The van der Waals surface area contributed by atoms with E-state index in [0.29, 0.717) is 45.2 Å². The summed E-state index contributed by atoms with van der Waals surface area (Å²) in [5, 5.41) is 17.9. The molecule has 0 unspecified atom stereocenters. The van der Waals surface area contributed by atoms with Gasteiger partial charge in [0.2, 0.25) is 0 Å². The summed E-state index contributed by atoms with van der Waals surface area (Å²) in [6, 6.07) is 9.42. The Balaban J connectivity index is 1.49. The zero-order valence-corrected chi connectivity index (χ0v) is 17.7. The van der Waals surface area contributed by atoms with Gasteiger partial charge in [-0.1, -0.05) is 0 Å². The quantitative estimate of drug-likeness (QED) is 0.359. The maximum atomic E-state index is 13.9. The molecule has 10 heteroatoms. The smallest absolute Gasteiger partial charge is 0.161 e. The highest BCUT2D eigenvalue weighted by atomic mass is 19.1. The van der Waals surface area contributed by atoms with Crippen LogP contribution < -0.4 is 4.74 Å². The predicted octanol–water partition coefficient (Wildman–Crippen LogP) is 4.48. The number of rotatable bonds is 4. The Hall–Kier alpha value is -4.86. The number of fused-ring (bicyclic) bond motifs is 2. The van der Waals surface area contributed by atoms with Gasteiger partial charge >= 0.3 is 0 Å². The fraction of sp³-hybridized carbons (Fsp3) is 0.0417. The highest BCUT2D eigenvalue weighted by Gasteiger charge is 2.17. The molecule has 0 aliphatic heterocycles. The van der Waals surface area contributed by atoms with E-state index in [9.17, 15) is 9.50 Å². The molecule has 0 aliphatic carbocycles. The van der Waals surface area contributed by atoms with E-state index in [1.165, 1.54) is 12.1 Å². The maximum Gasteiger partial charge on any atom is 0.161 e. The number of nitrogens with one attached hydrogen (secondary N) is 2. The molecule has 0 bridgehead atoms. The third kappa shape index (κ3) is 3.28. The molecule has 5 aromatic heterocycles.